The molecule has 0 aromatic rings. The van der Waals surface area contributed by atoms with E-state index >= 15 is 0 Å². The average Bonchev–Trinajstić information content (AvgIpc) is 1.98. The molecule has 0 saturated heterocycles. The summed E-state index contributed by atoms with van der Waals surface area (Å²) in [4.78, 5) is 11.5. The smallest absolute Gasteiger partial charge is 0.222 e. The first-order valence-electron chi connectivity index (χ1n) is 5.43. The first kappa shape index (κ1) is 14.4. The summed E-state index contributed by atoms with van der Waals surface area (Å²) in [5, 5.41) is 11.9. The van der Waals surface area contributed by atoms with Gasteiger partial charge in [-0.25, -0.2) is 0 Å². The Balaban J connectivity index is 4.02. The molecule has 0 radical (unpaired) electrons. The van der Waals surface area contributed by atoms with Crippen molar-refractivity contribution in [1.29, 1.82) is 0 Å². The molecule has 1 unspecified atom stereocenters. The highest BCUT2D eigenvalue weighted by Crippen LogP contribution is 2.07. The summed E-state index contributed by atoms with van der Waals surface area (Å²) >= 11 is 0. The van der Waals surface area contributed by atoms with E-state index in [2.05, 4.69) is 19.2 Å². The Morgan fingerprint density at radius 2 is 2.00 bits per heavy atom. The van der Waals surface area contributed by atoms with Gasteiger partial charge in [-0.2, -0.15) is 0 Å². The highest BCUT2D eigenvalue weighted by atomic mass is 16.3. The van der Waals surface area contributed by atoms with Crippen molar-refractivity contribution in [2.24, 2.45) is 11.7 Å². The quantitative estimate of drug-likeness (QED) is 0.610. The van der Waals surface area contributed by atoms with Gasteiger partial charge in [-0.1, -0.05) is 13.8 Å². The summed E-state index contributed by atoms with van der Waals surface area (Å²) in [6.45, 7) is 7.71. The minimum atomic E-state index is -0.498. The fraction of sp³-hybridized carbons (Fsp3) is 0.909. The van der Waals surface area contributed by atoms with Gasteiger partial charge in [0.1, 0.15) is 0 Å². The van der Waals surface area contributed by atoms with Gasteiger partial charge in [-0.3, -0.25) is 4.79 Å². The molecule has 0 fully saturated rings. The van der Waals surface area contributed by atoms with Crippen LogP contribution in [0.25, 0.3) is 0 Å². The summed E-state index contributed by atoms with van der Waals surface area (Å²) in [6.07, 6.45) is 1.06. The molecule has 1 amide bonds. The second kappa shape index (κ2) is 6.08. The van der Waals surface area contributed by atoms with Crippen LogP contribution in [-0.4, -0.2) is 29.2 Å². The second-order valence-electron chi connectivity index (χ2n) is 5.24. The molecule has 0 saturated carbocycles. The molecule has 4 nitrogen and oxygen atoms in total. The number of nitrogens with two attached hydrogens (primary N) is 1. The molecule has 0 aromatic carbocycles. The van der Waals surface area contributed by atoms with Crippen molar-refractivity contribution >= 4 is 5.91 Å². The van der Waals surface area contributed by atoms with Gasteiger partial charge in [0.15, 0.2) is 0 Å². The fourth-order valence-corrected chi connectivity index (χ4v) is 1.44. The summed E-state index contributed by atoms with van der Waals surface area (Å²) in [5.74, 6) is 0.357. The van der Waals surface area contributed by atoms with E-state index in [1.807, 2.05) is 13.8 Å². The lowest BCUT2D eigenvalue weighted by Crippen LogP contribution is -2.44. The molecular formula is C11H24N2O2. The number of rotatable bonds is 6. The van der Waals surface area contributed by atoms with Gasteiger partial charge in [0, 0.05) is 12.0 Å². The van der Waals surface area contributed by atoms with Crippen molar-refractivity contribution in [3.8, 4) is 0 Å². The lowest BCUT2D eigenvalue weighted by Gasteiger charge is -2.22. The highest BCUT2D eigenvalue weighted by Gasteiger charge is 2.19. The van der Waals surface area contributed by atoms with E-state index in [-0.39, 0.29) is 25.0 Å². The molecule has 15 heavy (non-hydrogen) atoms. The molecule has 4 N–H and O–H groups in total. The van der Waals surface area contributed by atoms with Gasteiger partial charge >= 0.3 is 0 Å². The molecule has 0 bridgehead atoms. The van der Waals surface area contributed by atoms with Crippen molar-refractivity contribution in [3.63, 3.8) is 0 Å². The topological polar surface area (TPSA) is 75.3 Å². The zero-order valence-electron chi connectivity index (χ0n) is 10.2. The zero-order chi connectivity index (χ0) is 12.1. The lowest BCUT2D eigenvalue weighted by atomic mass is 10.0. The Bertz CT molecular complexity index is 197. The van der Waals surface area contributed by atoms with Crippen LogP contribution in [0.2, 0.25) is 0 Å². The Kier molecular flexibility index (Phi) is 5.83. The van der Waals surface area contributed by atoms with Gasteiger partial charge in [0.05, 0.1) is 12.6 Å². The van der Waals surface area contributed by atoms with Crippen molar-refractivity contribution < 1.29 is 9.90 Å². The zero-order valence-corrected chi connectivity index (χ0v) is 10.2. The molecule has 0 aromatic heterocycles. The second-order valence-corrected chi connectivity index (χ2v) is 5.24. The minimum Gasteiger partial charge on any atom is -0.394 e. The predicted octanol–water partition coefficient (Wildman–Crippen LogP) is 0.637. The molecule has 0 rings (SSSR count). The maximum absolute atomic E-state index is 11.5. The van der Waals surface area contributed by atoms with Gasteiger partial charge < -0.3 is 16.2 Å². The number of carbonyl (C=O) groups is 1. The monoisotopic (exact) mass is 216 g/mol. The van der Waals surface area contributed by atoms with E-state index in [0.29, 0.717) is 5.92 Å². The molecule has 0 aliphatic rings. The number of nitrogens with one attached hydrogen (secondary N) is 1. The van der Waals surface area contributed by atoms with Crippen LogP contribution < -0.4 is 11.1 Å². The minimum absolute atomic E-state index is 0.0189. The van der Waals surface area contributed by atoms with E-state index in [1.165, 1.54) is 0 Å². The van der Waals surface area contributed by atoms with Crippen molar-refractivity contribution in [3.05, 3.63) is 0 Å². The summed E-state index contributed by atoms with van der Waals surface area (Å²) in [5.41, 5.74) is 5.23. The SMILES string of the molecule is CC(C)CC(CO)NC(=O)CC(C)(C)N. The van der Waals surface area contributed by atoms with Gasteiger partial charge in [-0.15, -0.1) is 0 Å². The summed E-state index contributed by atoms with van der Waals surface area (Å²) < 4.78 is 0. The third kappa shape index (κ3) is 8.39. The van der Waals surface area contributed by atoms with Crippen LogP contribution >= 0.6 is 0 Å². The average molecular weight is 216 g/mol. The van der Waals surface area contributed by atoms with Crippen molar-refractivity contribution in [1.82, 2.24) is 5.32 Å². The summed E-state index contributed by atoms with van der Waals surface area (Å²) in [6, 6.07) is -0.153. The Labute approximate surface area is 92.2 Å². The van der Waals surface area contributed by atoms with Crippen molar-refractivity contribution in [2.45, 2.75) is 52.1 Å². The standard InChI is InChI=1S/C11H24N2O2/c1-8(2)5-9(7-14)13-10(15)6-11(3,4)12/h8-9,14H,5-7,12H2,1-4H3,(H,13,15). The van der Waals surface area contributed by atoms with Gasteiger partial charge in [-0.05, 0) is 26.2 Å². The van der Waals surface area contributed by atoms with Gasteiger partial charge in [0.2, 0.25) is 5.91 Å². The van der Waals surface area contributed by atoms with Crippen LogP contribution in [0.4, 0.5) is 0 Å². The Morgan fingerprint density at radius 3 is 2.33 bits per heavy atom. The van der Waals surface area contributed by atoms with Crippen LogP contribution in [0.3, 0.4) is 0 Å². The molecule has 0 aliphatic carbocycles. The summed E-state index contributed by atoms with van der Waals surface area (Å²) in [7, 11) is 0. The van der Waals surface area contributed by atoms with Crippen LogP contribution in [0.15, 0.2) is 0 Å². The first-order valence-corrected chi connectivity index (χ1v) is 5.43. The number of aliphatic hydroxyl groups excluding tert-OH is 1. The third-order valence-electron chi connectivity index (χ3n) is 1.96. The number of hydrogen-bond acceptors (Lipinski definition) is 3. The molecule has 4 heteroatoms. The van der Waals surface area contributed by atoms with E-state index in [9.17, 15) is 4.79 Å². The number of aliphatic hydroxyl groups is 1. The molecule has 0 spiro atoms. The number of hydrogen-bond donors (Lipinski definition) is 3. The van der Waals surface area contributed by atoms with Crippen LogP contribution in [0, 0.1) is 5.92 Å². The van der Waals surface area contributed by atoms with Crippen LogP contribution in [0.1, 0.15) is 40.5 Å². The van der Waals surface area contributed by atoms with Crippen LogP contribution in [-0.2, 0) is 4.79 Å². The van der Waals surface area contributed by atoms with Gasteiger partial charge in [0.25, 0.3) is 0 Å². The fourth-order valence-electron chi connectivity index (χ4n) is 1.44. The third-order valence-corrected chi connectivity index (χ3v) is 1.96. The first-order chi connectivity index (χ1) is 6.74. The van der Waals surface area contributed by atoms with E-state index < -0.39 is 5.54 Å². The van der Waals surface area contributed by atoms with Crippen molar-refractivity contribution in [2.75, 3.05) is 6.61 Å². The normalized spacial score (nSPS) is 14.1. The van der Waals surface area contributed by atoms with Crippen LogP contribution in [0.5, 0.6) is 0 Å². The van der Waals surface area contributed by atoms with E-state index in [0.717, 1.165) is 6.42 Å². The van der Waals surface area contributed by atoms with E-state index in [4.69, 9.17) is 10.8 Å². The maximum Gasteiger partial charge on any atom is 0.222 e. The maximum atomic E-state index is 11.5. The largest absolute Gasteiger partial charge is 0.394 e. The number of carbonyl (C=O) groups excluding carboxylic acids is 1. The predicted molar refractivity (Wildman–Crippen MR) is 61.4 cm³/mol. The highest BCUT2D eigenvalue weighted by molar-refractivity contribution is 5.77. The molecular weight excluding hydrogens is 192 g/mol. The molecule has 0 aliphatic heterocycles. The molecule has 90 valence electrons. The molecule has 1 atom stereocenters. The number of amides is 1. The lowest BCUT2D eigenvalue weighted by molar-refractivity contribution is -0.123. The Morgan fingerprint density at radius 1 is 1.47 bits per heavy atom. The van der Waals surface area contributed by atoms with E-state index in [1.54, 1.807) is 0 Å². The molecule has 0 heterocycles. The Hall–Kier alpha value is -0.610.